The summed E-state index contributed by atoms with van der Waals surface area (Å²) in [5.74, 6) is -0.151. The molecule has 2 N–H and O–H groups in total. The topological polar surface area (TPSA) is 109 Å². The Morgan fingerprint density at radius 3 is 2.52 bits per heavy atom. The number of hydrogen-bond acceptors (Lipinski definition) is 6. The molecule has 2 heterocycles. The molecule has 0 aliphatic carbocycles. The van der Waals surface area contributed by atoms with Crippen LogP contribution in [-0.4, -0.2) is 25.4 Å². The third-order valence-electron chi connectivity index (χ3n) is 6.04. The van der Waals surface area contributed by atoms with Crippen LogP contribution in [0.3, 0.4) is 0 Å². The van der Waals surface area contributed by atoms with Crippen molar-refractivity contribution >= 4 is 46.5 Å². The zero-order valence-electron chi connectivity index (χ0n) is 20.9. The fourth-order valence-electron chi connectivity index (χ4n) is 3.92. The van der Waals surface area contributed by atoms with Gasteiger partial charge in [0, 0.05) is 23.1 Å². The van der Waals surface area contributed by atoms with Crippen LogP contribution in [0, 0.1) is 18.3 Å². The number of alkyl halides is 3. The van der Waals surface area contributed by atoms with Crippen molar-refractivity contribution in [3.63, 3.8) is 0 Å². The zero-order chi connectivity index (χ0) is 28.3. The highest BCUT2D eigenvalue weighted by Gasteiger charge is 2.30. The summed E-state index contributed by atoms with van der Waals surface area (Å²) < 4.78 is 40.8. The van der Waals surface area contributed by atoms with E-state index in [1.54, 1.807) is 59.6 Å². The number of rotatable bonds is 6. The number of aryl methyl sites for hydroxylation is 1. The highest BCUT2D eigenvalue weighted by Crippen LogP contribution is 2.30. The first-order valence-electron chi connectivity index (χ1n) is 11.9. The van der Waals surface area contributed by atoms with Crippen molar-refractivity contribution in [3.05, 3.63) is 107 Å². The van der Waals surface area contributed by atoms with Crippen molar-refractivity contribution in [1.29, 1.82) is 5.26 Å². The van der Waals surface area contributed by atoms with E-state index in [9.17, 15) is 18.0 Å². The molecular weight excluding hydrogens is 519 g/mol. The highest BCUT2D eigenvalue weighted by molar-refractivity contribution is 6.04. The maximum Gasteiger partial charge on any atom is 0.416 e. The molecule has 0 atom stereocenters. The minimum atomic E-state index is -4.54. The van der Waals surface area contributed by atoms with Crippen LogP contribution in [0.5, 0.6) is 0 Å². The number of nitriles is 1. The van der Waals surface area contributed by atoms with E-state index in [0.29, 0.717) is 28.2 Å². The highest BCUT2D eigenvalue weighted by atomic mass is 19.4. The van der Waals surface area contributed by atoms with Crippen molar-refractivity contribution in [1.82, 2.24) is 19.5 Å². The lowest BCUT2D eigenvalue weighted by molar-refractivity contribution is -0.137. The van der Waals surface area contributed by atoms with Gasteiger partial charge in [0.05, 0.1) is 17.2 Å². The number of imidazole rings is 1. The second-order valence-electron chi connectivity index (χ2n) is 8.78. The first-order valence-corrected chi connectivity index (χ1v) is 11.9. The number of hydrogen-bond donors (Lipinski definition) is 2. The fraction of sp³-hybridized carbons (Fsp3) is 0.0690. The van der Waals surface area contributed by atoms with Gasteiger partial charge in [-0.3, -0.25) is 9.36 Å². The molecule has 0 unspecified atom stereocenters. The molecular formula is C29H20F3N7O. The molecule has 198 valence electrons. The van der Waals surface area contributed by atoms with Gasteiger partial charge in [-0.05, 0) is 78.7 Å². The van der Waals surface area contributed by atoms with Gasteiger partial charge in [-0.2, -0.15) is 18.4 Å². The van der Waals surface area contributed by atoms with Gasteiger partial charge in [-0.1, -0.05) is 12.1 Å². The van der Waals surface area contributed by atoms with Crippen LogP contribution in [-0.2, 0) is 6.18 Å². The van der Waals surface area contributed by atoms with Crippen LogP contribution in [0.2, 0.25) is 0 Å². The van der Waals surface area contributed by atoms with Crippen LogP contribution in [0.25, 0.3) is 23.4 Å². The average molecular weight is 540 g/mol. The molecule has 0 bridgehead atoms. The van der Waals surface area contributed by atoms with E-state index in [-0.39, 0.29) is 5.56 Å². The summed E-state index contributed by atoms with van der Waals surface area (Å²) in [4.78, 5) is 25.7. The SMILES string of the molecule is Cc1ccc(NC(=O)c2cccc(C(F)(F)F)c2)cc1/C=C/n1cnc2c(Nc3ccc(C#N)cc3)ncnc21. The van der Waals surface area contributed by atoms with Gasteiger partial charge in [0.15, 0.2) is 17.0 Å². The molecule has 5 rings (SSSR count). The predicted molar refractivity (Wildman–Crippen MR) is 146 cm³/mol. The number of carbonyl (C=O) groups excluding carboxylic acids is 1. The predicted octanol–water partition coefficient (Wildman–Crippen LogP) is 6.65. The quantitative estimate of drug-likeness (QED) is 0.250. The van der Waals surface area contributed by atoms with Crippen molar-refractivity contribution in [2.45, 2.75) is 13.1 Å². The number of carbonyl (C=O) groups is 1. The second kappa shape index (κ2) is 10.7. The van der Waals surface area contributed by atoms with Gasteiger partial charge in [0.1, 0.15) is 12.7 Å². The largest absolute Gasteiger partial charge is 0.416 e. The fourth-order valence-corrected chi connectivity index (χ4v) is 3.92. The lowest BCUT2D eigenvalue weighted by atomic mass is 10.1. The third kappa shape index (κ3) is 5.66. The Labute approximate surface area is 226 Å². The average Bonchev–Trinajstić information content (AvgIpc) is 3.37. The van der Waals surface area contributed by atoms with Gasteiger partial charge >= 0.3 is 6.18 Å². The normalized spacial score (nSPS) is 11.5. The first-order chi connectivity index (χ1) is 19.2. The Balaban J connectivity index is 1.35. The van der Waals surface area contributed by atoms with E-state index in [4.69, 9.17) is 5.26 Å². The Morgan fingerprint density at radius 2 is 1.77 bits per heavy atom. The minimum absolute atomic E-state index is 0.0949. The number of aromatic nitrogens is 4. The lowest BCUT2D eigenvalue weighted by Gasteiger charge is -2.10. The molecule has 0 fully saturated rings. The Kier molecular flexibility index (Phi) is 6.99. The Morgan fingerprint density at radius 1 is 1.00 bits per heavy atom. The smallest absolute Gasteiger partial charge is 0.338 e. The van der Waals surface area contributed by atoms with E-state index < -0.39 is 17.6 Å². The second-order valence-corrected chi connectivity index (χ2v) is 8.78. The van der Waals surface area contributed by atoms with E-state index in [2.05, 4.69) is 31.7 Å². The molecule has 1 amide bonds. The van der Waals surface area contributed by atoms with Crippen molar-refractivity contribution in [3.8, 4) is 6.07 Å². The summed E-state index contributed by atoms with van der Waals surface area (Å²) in [6.45, 7) is 1.89. The summed E-state index contributed by atoms with van der Waals surface area (Å²) >= 11 is 0. The molecule has 11 heteroatoms. The first kappa shape index (κ1) is 26.1. The standard InChI is InChI=1S/C29H20F3N7O/c1-18-5-8-24(38-28(40)21-3-2-4-22(13-21)29(30,31)32)14-20(18)11-12-39-17-36-25-26(34-16-35-27(25)39)37-23-9-6-19(15-33)7-10-23/h2-14,16-17H,1H3,(H,38,40)(H,34,35,37)/b12-11+. The molecule has 3 aromatic carbocycles. The lowest BCUT2D eigenvalue weighted by Crippen LogP contribution is -2.14. The third-order valence-corrected chi connectivity index (χ3v) is 6.04. The summed E-state index contributed by atoms with van der Waals surface area (Å²) in [6.07, 6.45) is 2.03. The van der Waals surface area contributed by atoms with Gasteiger partial charge in [0.2, 0.25) is 0 Å². The van der Waals surface area contributed by atoms with Crippen LogP contribution in [0.1, 0.15) is 32.6 Å². The minimum Gasteiger partial charge on any atom is -0.338 e. The molecule has 8 nitrogen and oxygen atoms in total. The van der Waals surface area contributed by atoms with Crippen LogP contribution in [0.4, 0.5) is 30.4 Å². The number of amides is 1. The van der Waals surface area contributed by atoms with Gasteiger partial charge in [-0.25, -0.2) is 15.0 Å². The number of halogens is 3. The van der Waals surface area contributed by atoms with Crippen LogP contribution < -0.4 is 10.6 Å². The van der Waals surface area contributed by atoms with E-state index in [1.807, 2.05) is 13.0 Å². The molecule has 0 spiro atoms. The summed E-state index contributed by atoms with van der Waals surface area (Å²) in [5, 5.41) is 14.8. The van der Waals surface area contributed by atoms with Gasteiger partial charge in [-0.15, -0.1) is 0 Å². The number of fused-ring (bicyclic) bond motifs is 1. The van der Waals surface area contributed by atoms with Crippen molar-refractivity contribution < 1.29 is 18.0 Å². The molecule has 5 aromatic rings. The molecule has 2 aromatic heterocycles. The molecule has 0 aliphatic rings. The van der Waals surface area contributed by atoms with Crippen molar-refractivity contribution in [2.24, 2.45) is 0 Å². The monoisotopic (exact) mass is 539 g/mol. The van der Waals surface area contributed by atoms with Crippen LogP contribution >= 0.6 is 0 Å². The number of nitrogens with zero attached hydrogens (tertiary/aromatic N) is 5. The molecule has 0 aliphatic heterocycles. The maximum absolute atomic E-state index is 13.0. The molecule has 40 heavy (non-hydrogen) atoms. The van der Waals surface area contributed by atoms with E-state index in [0.717, 1.165) is 28.9 Å². The Bertz CT molecular complexity index is 1780. The number of anilines is 3. The molecule has 0 saturated carbocycles. The van der Waals surface area contributed by atoms with Gasteiger partial charge < -0.3 is 10.6 Å². The van der Waals surface area contributed by atoms with Crippen molar-refractivity contribution in [2.75, 3.05) is 10.6 Å². The summed E-state index contributed by atoms with van der Waals surface area (Å²) in [7, 11) is 0. The summed E-state index contributed by atoms with van der Waals surface area (Å²) in [6, 6.07) is 18.5. The number of benzene rings is 3. The zero-order valence-corrected chi connectivity index (χ0v) is 20.9. The summed E-state index contributed by atoms with van der Waals surface area (Å²) in [5.41, 5.74) is 3.50. The van der Waals surface area contributed by atoms with Gasteiger partial charge in [0.25, 0.3) is 5.91 Å². The number of nitrogens with one attached hydrogen (secondary N) is 2. The maximum atomic E-state index is 13.0. The Hall–Kier alpha value is -5.50. The van der Waals surface area contributed by atoms with Crippen LogP contribution in [0.15, 0.2) is 79.4 Å². The molecule has 0 saturated heterocycles. The molecule has 0 radical (unpaired) electrons. The van der Waals surface area contributed by atoms with E-state index >= 15 is 0 Å². The van der Waals surface area contributed by atoms with E-state index in [1.165, 1.54) is 18.5 Å².